The summed E-state index contributed by atoms with van der Waals surface area (Å²) >= 11 is 0. The van der Waals surface area contributed by atoms with Crippen molar-refractivity contribution in [1.29, 1.82) is 0 Å². The normalized spacial score (nSPS) is 19.6. The first kappa shape index (κ1) is 22.5. The fourth-order valence-corrected chi connectivity index (χ4v) is 3.83. The number of nitrogens with zero attached hydrogens (tertiary/aromatic N) is 4. The molecule has 160 valence electrons. The van der Waals surface area contributed by atoms with Gasteiger partial charge in [0.2, 0.25) is 0 Å². The van der Waals surface area contributed by atoms with Crippen molar-refractivity contribution >= 4 is 41.0 Å². The monoisotopic (exact) mass is 523 g/mol. The van der Waals surface area contributed by atoms with E-state index in [9.17, 15) is 4.39 Å². The summed E-state index contributed by atoms with van der Waals surface area (Å²) in [5.74, 6) is 1.51. The van der Waals surface area contributed by atoms with Crippen LogP contribution in [0.2, 0.25) is 0 Å². The summed E-state index contributed by atoms with van der Waals surface area (Å²) in [4.78, 5) is 11.4. The van der Waals surface area contributed by atoms with Gasteiger partial charge >= 0.3 is 0 Å². The van der Waals surface area contributed by atoms with Crippen molar-refractivity contribution in [2.75, 3.05) is 20.1 Å². The number of hydrogen-bond donors (Lipinski definition) is 1. The maximum Gasteiger partial charge on any atom is 0.194 e. The van der Waals surface area contributed by atoms with Crippen LogP contribution in [0.15, 0.2) is 53.5 Å². The van der Waals surface area contributed by atoms with Crippen LogP contribution >= 0.6 is 24.0 Å². The Kier molecular flexibility index (Phi) is 7.30. The van der Waals surface area contributed by atoms with Crippen LogP contribution in [0.1, 0.15) is 24.4 Å². The summed E-state index contributed by atoms with van der Waals surface area (Å²) in [7, 11) is 3.81. The largest absolute Gasteiger partial charge is 0.367 e. The van der Waals surface area contributed by atoms with Crippen molar-refractivity contribution in [3.05, 3.63) is 65.7 Å². The number of benzene rings is 2. The highest BCUT2D eigenvalue weighted by Crippen LogP contribution is 2.25. The van der Waals surface area contributed by atoms with Gasteiger partial charge in [-0.05, 0) is 36.8 Å². The quantitative estimate of drug-likeness (QED) is 0.322. The number of ether oxygens (including phenoxy) is 1. The number of aromatic nitrogens is 2. The molecule has 0 amide bonds. The van der Waals surface area contributed by atoms with E-state index >= 15 is 0 Å². The Morgan fingerprint density at radius 1 is 1.20 bits per heavy atom. The van der Waals surface area contributed by atoms with E-state index in [1.807, 2.05) is 32.2 Å². The molecule has 0 spiro atoms. The molecule has 1 aliphatic rings. The fourth-order valence-electron chi connectivity index (χ4n) is 3.83. The molecule has 1 aliphatic heterocycles. The summed E-state index contributed by atoms with van der Waals surface area (Å²) in [5.41, 5.74) is 3.06. The summed E-state index contributed by atoms with van der Waals surface area (Å²) in [6.07, 6.45) is -0.0956. The number of aryl methyl sites for hydroxylation is 1. The van der Waals surface area contributed by atoms with E-state index in [-0.39, 0.29) is 42.0 Å². The van der Waals surface area contributed by atoms with E-state index in [1.54, 1.807) is 19.2 Å². The molecule has 0 radical (unpaired) electrons. The highest BCUT2D eigenvalue weighted by atomic mass is 127. The zero-order valence-corrected chi connectivity index (χ0v) is 19.7. The molecular weight excluding hydrogens is 496 g/mol. The molecule has 30 heavy (non-hydrogen) atoms. The van der Waals surface area contributed by atoms with Crippen LogP contribution in [0.5, 0.6) is 0 Å². The third-order valence-corrected chi connectivity index (χ3v) is 5.30. The smallest absolute Gasteiger partial charge is 0.194 e. The number of aliphatic imine (C=N–C) groups is 1. The molecule has 2 aromatic carbocycles. The summed E-state index contributed by atoms with van der Waals surface area (Å²) in [6.45, 7) is 4.00. The lowest BCUT2D eigenvalue weighted by atomic mass is 10.1. The molecule has 2 unspecified atom stereocenters. The highest BCUT2D eigenvalue weighted by Gasteiger charge is 2.28. The van der Waals surface area contributed by atoms with Crippen molar-refractivity contribution in [1.82, 2.24) is 19.8 Å². The van der Waals surface area contributed by atoms with Crippen molar-refractivity contribution in [3.8, 4) is 0 Å². The Morgan fingerprint density at radius 3 is 2.63 bits per heavy atom. The molecule has 6 nitrogen and oxygen atoms in total. The van der Waals surface area contributed by atoms with E-state index in [2.05, 4.69) is 25.8 Å². The van der Waals surface area contributed by atoms with Crippen LogP contribution in [-0.4, -0.2) is 46.7 Å². The number of hydrogen-bond acceptors (Lipinski definition) is 3. The van der Waals surface area contributed by atoms with Crippen LogP contribution in [0.4, 0.5) is 4.39 Å². The van der Waals surface area contributed by atoms with Crippen LogP contribution in [0.25, 0.3) is 11.0 Å². The fraction of sp³-hybridized carbons (Fsp3) is 0.364. The second-order valence-corrected chi connectivity index (χ2v) is 7.37. The zero-order valence-electron chi connectivity index (χ0n) is 17.4. The van der Waals surface area contributed by atoms with Gasteiger partial charge in [-0.2, -0.15) is 0 Å². The lowest BCUT2D eigenvalue weighted by Crippen LogP contribution is -2.50. The zero-order chi connectivity index (χ0) is 20.4. The predicted molar refractivity (Wildman–Crippen MR) is 128 cm³/mol. The van der Waals surface area contributed by atoms with E-state index < -0.39 is 0 Å². The maximum absolute atomic E-state index is 13.3. The second kappa shape index (κ2) is 9.74. The van der Waals surface area contributed by atoms with Crippen LogP contribution in [0.3, 0.4) is 0 Å². The minimum Gasteiger partial charge on any atom is -0.367 e. The Hall–Kier alpha value is -2.20. The number of para-hydroxylation sites is 2. The van der Waals surface area contributed by atoms with E-state index in [4.69, 9.17) is 9.72 Å². The Balaban J connectivity index is 0.00000256. The average Bonchev–Trinajstić information content (AvgIpc) is 3.05. The Morgan fingerprint density at radius 2 is 1.93 bits per heavy atom. The summed E-state index contributed by atoms with van der Waals surface area (Å²) in [6, 6.07) is 14.6. The number of imidazole rings is 1. The summed E-state index contributed by atoms with van der Waals surface area (Å²) in [5, 5.41) is 3.44. The van der Waals surface area contributed by atoms with Crippen molar-refractivity contribution < 1.29 is 9.13 Å². The molecule has 0 bridgehead atoms. The lowest BCUT2D eigenvalue weighted by Gasteiger charge is -2.38. The third-order valence-electron chi connectivity index (χ3n) is 5.30. The molecule has 0 aliphatic carbocycles. The van der Waals surface area contributed by atoms with Crippen LogP contribution in [-0.2, 0) is 18.3 Å². The number of rotatable bonds is 3. The predicted octanol–water partition coefficient (Wildman–Crippen LogP) is 3.87. The summed E-state index contributed by atoms with van der Waals surface area (Å²) < 4.78 is 21.5. The molecule has 2 atom stereocenters. The SMILES string of the molecule is CN=C(NCc1nc2ccccc2n1C)N1CC(C)OC(c2ccc(F)cc2)C1.I. The van der Waals surface area contributed by atoms with Gasteiger partial charge in [-0.3, -0.25) is 4.99 Å². The molecule has 1 fully saturated rings. The first-order chi connectivity index (χ1) is 14.0. The van der Waals surface area contributed by atoms with Crippen molar-refractivity contribution in [2.24, 2.45) is 12.0 Å². The van der Waals surface area contributed by atoms with Crippen molar-refractivity contribution in [2.45, 2.75) is 25.7 Å². The number of nitrogens with one attached hydrogen (secondary N) is 1. The third kappa shape index (κ3) is 4.75. The molecule has 0 saturated carbocycles. The van der Waals surface area contributed by atoms with Gasteiger partial charge in [0.05, 0.1) is 30.2 Å². The van der Waals surface area contributed by atoms with Gasteiger partial charge in [0.25, 0.3) is 0 Å². The Bertz CT molecular complexity index is 1020. The second-order valence-electron chi connectivity index (χ2n) is 7.37. The minimum atomic E-state index is -0.241. The van der Waals surface area contributed by atoms with Gasteiger partial charge < -0.3 is 19.5 Å². The minimum absolute atomic E-state index is 0. The van der Waals surface area contributed by atoms with E-state index in [1.165, 1.54) is 12.1 Å². The van der Waals surface area contributed by atoms with Gasteiger partial charge in [0.15, 0.2) is 5.96 Å². The first-order valence-electron chi connectivity index (χ1n) is 9.82. The van der Waals surface area contributed by atoms with Gasteiger partial charge in [-0.15, -0.1) is 24.0 Å². The molecule has 1 aromatic heterocycles. The number of morpholine rings is 1. The van der Waals surface area contributed by atoms with Gasteiger partial charge in [0.1, 0.15) is 17.7 Å². The maximum atomic E-state index is 13.3. The molecular formula is C22H27FIN5O. The van der Waals surface area contributed by atoms with E-state index in [0.29, 0.717) is 13.1 Å². The molecule has 4 rings (SSSR count). The molecule has 1 N–H and O–H groups in total. The van der Waals surface area contributed by atoms with Gasteiger partial charge in [0, 0.05) is 20.6 Å². The highest BCUT2D eigenvalue weighted by molar-refractivity contribution is 14.0. The number of guanidine groups is 1. The molecule has 8 heteroatoms. The molecule has 2 heterocycles. The average molecular weight is 523 g/mol. The first-order valence-corrected chi connectivity index (χ1v) is 9.82. The molecule has 1 saturated heterocycles. The number of fused-ring (bicyclic) bond motifs is 1. The van der Waals surface area contributed by atoms with Crippen LogP contribution < -0.4 is 5.32 Å². The van der Waals surface area contributed by atoms with Crippen LogP contribution in [0, 0.1) is 5.82 Å². The van der Waals surface area contributed by atoms with E-state index in [0.717, 1.165) is 34.9 Å². The standard InChI is InChI=1S/C22H26FN5O.HI/c1-15-13-28(14-20(29-15)16-8-10-17(23)11-9-16)22(24-2)25-12-21-26-18-6-4-5-7-19(18)27(21)3;/h4-11,15,20H,12-14H2,1-3H3,(H,24,25);1H. The van der Waals surface area contributed by atoms with Gasteiger partial charge in [-0.25, -0.2) is 9.37 Å². The van der Waals surface area contributed by atoms with Crippen molar-refractivity contribution in [3.63, 3.8) is 0 Å². The Labute approximate surface area is 193 Å². The topological polar surface area (TPSA) is 54.7 Å². The molecule has 3 aromatic rings. The number of halogens is 2. The lowest BCUT2D eigenvalue weighted by molar-refractivity contribution is -0.0605. The van der Waals surface area contributed by atoms with Gasteiger partial charge in [-0.1, -0.05) is 24.3 Å².